The molecule has 174 valence electrons. The van der Waals surface area contributed by atoms with E-state index in [-0.39, 0.29) is 12.5 Å². The summed E-state index contributed by atoms with van der Waals surface area (Å²) in [6.45, 7) is 5.53. The first-order chi connectivity index (χ1) is 15.1. The molecule has 0 fully saturated rings. The maximum Gasteiger partial charge on any atom is 0.244 e. The van der Waals surface area contributed by atoms with Crippen molar-refractivity contribution in [3.63, 3.8) is 0 Å². The maximum atomic E-state index is 13.4. The van der Waals surface area contributed by atoms with Crippen LogP contribution in [0.3, 0.4) is 0 Å². The molecule has 0 aliphatic rings. The first-order valence-corrected chi connectivity index (χ1v) is 12.5. The van der Waals surface area contributed by atoms with Crippen LogP contribution in [0.4, 0.5) is 5.69 Å². The number of nitrogens with zero attached hydrogens (tertiary/aromatic N) is 2. The van der Waals surface area contributed by atoms with Crippen LogP contribution in [0.5, 0.6) is 0 Å². The van der Waals surface area contributed by atoms with Crippen LogP contribution in [0, 0.1) is 13.8 Å². The van der Waals surface area contributed by atoms with Crippen LogP contribution in [-0.2, 0) is 26.0 Å². The van der Waals surface area contributed by atoms with E-state index in [9.17, 15) is 18.0 Å². The first kappa shape index (κ1) is 25.4. The quantitative estimate of drug-likeness (QED) is 0.592. The molecule has 0 unspecified atom stereocenters. The lowest BCUT2D eigenvalue weighted by atomic mass is 10.1. The summed E-state index contributed by atoms with van der Waals surface area (Å²) in [6, 6.07) is 14.4. The standard InChI is InChI=1S/C24H33N3O4S/c1-6-22(24(29)25-4)26(13-12-20-10-8-7-9-11-20)23(28)17-27(32(5,30)31)21-15-18(2)14-19(3)16-21/h7-11,14-16,22H,6,12-13,17H2,1-5H3,(H,25,29)/t22-/m0/s1. The van der Waals surface area contributed by atoms with Gasteiger partial charge in [-0.3, -0.25) is 13.9 Å². The number of nitrogens with one attached hydrogen (secondary N) is 1. The number of likely N-dealkylation sites (N-methyl/N-ethyl adjacent to an activating group) is 1. The number of benzene rings is 2. The minimum Gasteiger partial charge on any atom is -0.357 e. The molecule has 0 radical (unpaired) electrons. The van der Waals surface area contributed by atoms with Gasteiger partial charge in [-0.05, 0) is 55.5 Å². The highest BCUT2D eigenvalue weighted by Gasteiger charge is 2.31. The maximum absolute atomic E-state index is 13.4. The lowest BCUT2D eigenvalue weighted by Gasteiger charge is -2.32. The van der Waals surface area contributed by atoms with Crippen molar-refractivity contribution in [2.75, 3.05) is 30.7 Å². The molecule has 2 amide bonds. The van der Waals surface area contributed by atoms with E-state index in [4.69, 9.17) is 0 Å². The molecular weight excluding hydrogens is 426 g/mol. The molecular formula is C24H33N3O4S. The molecule has 8 heteroatoms. The normalized spacial score (nSPS) is 12.2. The van der Waals surface area contributed by atoms with Crippen LogP contribution in [0.1, 0.15) is 30.0 Å². The Bertz CT molecular complexity index is 1020. The third kappa shape index (κ3) is 6.82. The van der Waals surface area contributed by atoms with E-state index in [0.29, 0.717) is 25.1 Å². The van der Waals surface area contributed by atoms with Gasteiger partial charge in [0, 0.05) is 13.6 Å². The summed E-state index contributed by atoms with van der Waals surface area (Å²) in [5, 5.41) is 2.62. The van der Waals surface area contributed by atoms with Gasteiger partial charge in [0.15, 0.2) is 0 Å². The van der Waals surface area contributed by atoms with Gasteiger partial charge >= 0.3 is 0 Å². The highest BCUT2D eigenvalue weighted by molar-refractivity contribution is 7.92. The number of hydrogen-bond donors (Lipinski definition) is 1. The third-order valence-electron chi connectivity index (χ3n) is 5.29. The second-order valence-corrected chi connectivity index (χ2v) is 9.88. The van der Waals surface area contributed by atoms with Crippen molar-refractivity contribution >= 4 is 27.5 Å². The number of amides is 2. The number of sulfonamides is 1. The molecule has 2 aromatic carbocycles. The number of rotatable bonds is 10. The lowest BCUT2D eigenvalue weighted by molar-refractivity contribution is -0.139. The van der Waals surface area contributed by atoms with Gasteiger partial charge in [0.2, 0.25) is 21.8 Å². The molecule has 0 aliphatic heterocycles. The molecule has 0 aliphatic carbocycles. The Morgan fingerprint density at radius 2 is 1.62 bits per heavy atom. The van der Waals surface area contributed by atoms with Crippen LogP contribution in [0.15, 0.2) is 48.5 Å². The molecule has 0 spiro atoms. The van der Waals surface area contributed by atoms with Crippen molar-refractivity contribution in [2.45, 2.75) is 39.7 Å². The molecule has 0 bridgehead atoms. The molecule has 2 aromatic rings. The Labute approximate surface area is 191 Å². The van der Waals surface area contributed by atoms with Gasteiger partial charge in [0.05, 0.1) is 11.9 Å². The van der Waals surface area contributed by atoms with Crippen molar-refractivity contribution in [3.8, 4) is 0 Å². The fourth-order valence-corrected chi connectivity index (χ4v) is 4.60. The van der Waals surface area contributed by atoms with Crippen molar-refractivity contribution in [1.82, 2.24) is 10.2 Å². The third-order valence-corrected chi connectivity index (χ3v) is 6.43. The van der Waals surface area contributed by atoms with Gasteiger partial charge in [0.25, 0.3) is 0 Å². The lowest BCUT2D eigenvalue weighted by Crippen LogP contribution is -2.52. The van der Waals surface area contributed by atoms with Gasteiger partial charge in [-0.2, -0.15) is 0 Å². The SMILES string of the molecule is CC[C@@H](C(=O)NC)N(CCc1ccccc1)C(=O)CN(c1cc(C)cc(C)c1)S(C)(=O)=O. The highest BCUT2D eigenvalue weighted by Crippen LogP contribution is 2.22. The van der Waals surface area contributed by atoms with E-state index in [1.165, 1.54) is 11.9 Å². The summed E-state index contributed by atoms with van der Waals surface area (Å²) in [5.41, 5.74) is 3.28. The predicted octanol–water partition coefficient (Wildman–Crippen LogP) is 2.67. The number of anilines is 1. The number of hydrogen-bond acceptors (Lipinski definition) is 4. The second kappa shape index (κ2) is 11.1. The van der Waals surface area contributed by atoms with Gasteiger partial charge in [-0.25, -0.2) is 8.42 Å². The van der Waals surface area contributed by atoms with Crippen molar-refractivity contribution in [2.24, 2.45) is 0 Å². The van der Waals surface area contributed by atoms with E-state index in [1.807, 2.05) is 57.2 Å². The topological polar surface area (TPSA) is 86.8 Å². The fourth-order valence-electron chi connectivity index (χ4n) is 3.77. The zero-order chi connectivity index (χ0) is 23.9. The van der Waals surface area contributed by atoms with Crippen LogP contribution in [-0.4, -0.2) is 57.6 Å². The summed E-state index contributed by atoms with van der Waals surface area (Å²) in [5.74, 6) is -0.688. The van der Waals surface area contributed by atoms with E-state index >= 15 is 0 Å². The average molecular weight is 460 g/mol. The highest BCUT2D eigenvalue weighted by atomic mass is 32.2. The fraction of sp³-hybridized carbons (Fsp3) is 0.417. The van der Waals surface area contributed by atoms with Crippen molar-refractivity contribution in [3.05, 3.63) is 65.2 Å². The molecule has 2 rings (SSSR count). The monoisotopic (exact) mass is 459 g/mol. The van der Waals surface area contributed by atoms with Gasteiger partial charge in [-0.15, -0.1) is 0 Å². The molecule has 0 saturated heterocycles. The van der Waals surface area contributed by atoms with Crippen LogP contribution < -0.4 is 9.62 Å². The molecule has 1 N–H and O–H groups in total. The average Bonchev–Trinajstić information content (AvgIpc) is 2.73. The summed E-state index contributed by atoms with van der Waals surface area (Å²) in [7, 11) is -2.19. The molecule has 0 heterocycles. The summed E-state index contributed by atoms with van der Waals surface area (Å²) >= 11 is 0. The molecule has 32 heavy (non-hydrogen) atoms. The summed E-state index contributed by atoms with van der Waals surface area (Å²) in [4.78, 5) is 27.4. The largest absolute Gasteiger partial charge is 0.357 e. The zero-order valence-corrected chi connectivity index (χ0v) is 20.3. The minimum atomic E-state index is -3.72. The zero-order valence-electron chi connectivity index (χ0n) is 19.5. The number of carbonyl (C=O) groups is 2. The predicted molar refractivity (Wildman–Crippen MR) is 128 cm³/mol. The van der Waals surface area contributed by atoms with E-state index in [2.05, 4.69) is 5.32 Å². The van der Waals surface area contributed by atoms with Crippen molar-refractivity contribution < 1.29 is 18.0 Å². The number of carbonyl (C=O) groups excluding carboxylic acids is 2. The first-order valence-electron chi connectivity index (χ1n) is 10.7. The summed E-state index contributed by atoms with van der Waals surface area (Å²) in [6.07, 6.45) is 2.06. The Balaban J connectivity index is 2.37. The van der Waals surface area contributed by atoms with Crippen LogP contribution >= 0.6 is 0 Å². The summed E-state index contributed by atoms with van der Waals surface area (Å²) < 4.78 is 26.3. The van der Waals surface area contributed by atoms with Gasteiger partial charge in [0.1, 0.15) is 12.6 Å². The van der Waals surface area contributed by atoms with E-state index in [1.54, 1.807) is 12.1 Å². The smallest absolute Gasteiger partial charge is 0.244 e. The van der Waals surface area contributed by atoms with Gasteiger partial charge < -0.3 is 10.2 Å². The minimum absolute atomic E-state index is 0.272. The Hall–Kier alpha value is -2.87. The van der Waals surface area contributed by atoms with Crippen LogP contribution in [0.2, 0.25) is 0 Å². The van der Waals surface area contributed by atoms with Crippen LogP contribution in [0.25, 0.3) is 0 Å². The van der Waals surface area contributed by atoms with E-state index < -0.39 is 22.0 Å². The van der Waals surface area contributed by atoms with Crippen molar-refractivity contribution in [1.29, 1.82) is 0 Å². The molecule has 7 nitrogen and oxygen atoms in total. The van der Waals surface area contributed by atoms with Gasteiger partial charge in [-0.1, -0.05) is 43.3 Å². The molecule has 0 aromatic heterocycles. The Morgan fingerprint density at radius 1 is 1.03 bits per heavy atom. The Kier molecular flexibility index (Phi) is 8.83. The second-order valence-electron chi connectivity index (χ2n) is 7.98. The molecule has 0 saturated carbocycles. The molecule has 1 atom stereocenters. The van der Waals surface area contributed by atoms with E-state index in [0.717, 1.165) is 27.3 Å². The number of aryl methyl sites for hydroxylation is 2. The Morgan fingerprint density at radius 3 is 2.12 bits per heavy atom.